The van der Waals surface area contributed by atoms with Crippen molar-refractivity contribution in [3.05, 3.63) is 34.9 Å². The first-order valence-corrected chi connectivity index (χ1v) is 6.66. The molecule has 0 aliphatic rings. The minimum Gasteiger partial charge on any atom is -0.382 e. The van der Waals surface area contributed by atoms with Gasteiger partial charge in [0.15, 0.2) is 6.10 Å². The number of hydrogen-bond donors (Lipinski definition) is 1. The molecule has 0 heterocycles. The fraction of sp³-hybridized carbons (Fsp3) is 0.600. The maximum atomic E-state index is 13.3. The molecule has 21 heavy (non-hydrogen) atoms. The molecule has 0 aliphatic heterocycles. The molecule has 0 radical (unpaired) electrons. The minimum absolute atomic E-state index is 0.108. The molecule has 0 bridgehead atoms. The third-order valence-electron chi connectivity index (χ3n) is 3.42. The Morgan fingerprint density at radius 2 is 1.38 bits per heavy atom. The highest BCUT2D eigenvalue weighted by Gasteiger charge is 2.62. The molecule has 0 amide bonds. The summed E-state index contributed by atoms with van der Waals surface area (Å²) in [6.07, 6.45) is -8.70. The zero-order valence-electron chi connectivity index (χ0n) is 12.3. The summed E-state index contributed by atoms with van der Waals surface area (Å²) in [5.41, 5.74) is 0.749. The fourth-order valence-corrected chi connectivity index (χ4v) is 2.05. The lowest BCUT2D eigenvalue weighted by Gasteiger charge is -2.28. The molecule has 0 fully saturated rings. The highest BCUT2D eigenvalue weighted by atomic mass is 19.4. The van der Waals surface area contributed by atoms with Crippen LogP contribution in [0, 0.1) is 0 Å². The molecule has 1 nitrogen and oxygen atoms in total. The van der Waals surface area contributed by atoms with Gasteiger partial charge in [-0.05, 0) is 28.5 Å². The molecule has 1 aromatic carbocycles. The van der Waals surface area contributed by atoms with Crippen LogP contribution in [0.3, 0.4) is 0 Å². The topological polar surface area (TPSA) is 20.2 Å². The molecule has 1 rings (SSSR count). The van der Waals surface area contributed by atoms with Gasteiger partial charge in [-0.1, -0.05) is 45.9 Å². The number of hydrogen-bond acceptors (Lipinski definition) is 1. The molecule has 1 aromatic rings. The molecule has 1 N–H and O–H groups in total. The molecule has 0 aromatic heterocycles. The van der Waals surface area contributed by atoms with Gasteiger partial charge in [0.1, 0.15) is 0 Å². The van der Waals surface area contributed by atoms with Crippen LogP contribution in [-0.2, 0) is 0 Å². The van der Waals surface area contributed by atoms with E-state index in [1.165, 1.54) is 6.07 Å². The smallest absolute Gasteiger partial charge is 0.382 e. The third-order valence-corrected chi connectivity index (χ3v) is 3.42. The van der Waals surface area contributed by atoms with Gasteiger partial charge < -0.3 is 5.11 Å². The first-order chi connectivity index (χ1) is 9.39. The number of aliphatic hydroxyl groups is 1. The van der Waals surface area contributed by atoms with Crippen molar-refractivity contribution in [2.75, 3.05) is 0 Å². The maximum absolute atomic E-state index is 13.3. The summed E-state index contributed by atoms with van der Waals surface area (Å²) >= 11 is 0. The van der Waals surface area contributed by atoms with Gasteiger partial charge in [-0.3, -0.25) is 0 Å². The Hall–Kier alpha value is -1.17. The van der Waals surface area contributed by atoms with E-state index in [9.17, 15) is 27.1 Å². The van der Waals surface area contributed by atoms with Gasteiger partial charge in [0.25, 0.3) is 0 Å². The van der Waals surface area contributed by atoms with E-state index >= 15 is 0 Å². The van der Waals surface area contributed by atoms with Gasteiger partial charge in [-0.2, -0.15) is 22.0 Å². The number of alkyl halides is 5. The monoisotopic (exact) mass is 310 g/mol. The van der Waals surface area contributed by atoms with Crippen LogP contribution in [0.4, 0.5) is 22.0 Å². The van der Waals surface area contributed by atoms with Crippen molar-refractivity contribution in [1.29, 1.82) is 0 Å². The Morgan fingerprint density at radius 3 is 1.76 bits per heavy atom. The molecular formula is C15H19F5O. The van der Waals surface area contributed by atoms with Gasteiger partial charge in [0.2, 0.25) is 0 Å². The molecule has 0 aliphatic carbocycles. The lowest BCUT2D eigenvalue weighted by molar-refractivity contribution is -0.315. The van der Waals surface area contributed by atoms with Crippen LogP contribution < -0.4 is 0 Å². The second kappa shape index (κ2) is 5.91. The van der Waals surface area contributed by atoms with Crippen molar-refractivity contribution in [1.82, 2.24) is 0 Å². The van der Waals surface area contributed by atoms with Gasteiger partial charge in [-0.15, -0.1) is 0 Å². The average molecular weight is 310 g/mol. The standard InChI is InChI=1S/C15H19F5O/c1-8(2)10-5-6-11(12(7-10)9(3)4)13(21)14(16,17)15(18,19)20/h5-9,13,21H,1-4H3. The Balaban J connectivity index is 3.36. The second-order valence-electron chi connectivity index (χ2n) is 5.72. The molecular weight excluding hydrogens is 291 g/mol. The summed E-state index contributed by atoms with van der Waals surface area (Å²) < 4.78 is 63.9. The highest BCUT2D eigenvalue weighted by molar-refractivity contribution is 5.38. The predicted molar refractivity (Wildman–Crippen MR) is 70.6 cm³/mol. The summed E-state index contributed by atoms with van der Waals surface area (Å²) in [4.78, 5) is 0. The van der Waals surface area contributed by atoms with E-state index in [2.05, 4.69) is 0 Å². The first kappa shape index (κ1) is 17.9. The maximum Gasteiger partial charge on any atom is 0.456 e. The van der Waals surface area contributed by atoms with Crippen LogP contribution in [0.5, 0.6) is 0 Å². The van der Waals surface area contributed by atoms with Gasteiger partial charge in [-0.25, -0.2) is 0 Å². The van der Waals surface area contributed by atoms with Crippen LogP contribution >= 0.6 is 0 Å². The van der Waals surface area contributed by atoms with Gasteiger partial charge >= 0.3 is 12.1 Å². The van der Waals surface area contributed by atoms with E-state index in [1.54, 1.807) is 19.9 Å². The summed E-state index contributed by atoms with van der Waals surface area (Å²) in [5, 5.41) is 9.57. The van der Waals surface area contributed by atoms with E-state index in [1.807, 2.05) is 13.8 Å². The predicted octanol–water partition coefficient (Wildman–Crippen LogP) is 5.16. The van der Waals surface area contributed by atoms with Crippen molar-refractivity contribution in [3.63, 3.8) is 0 Å². The second-order valence-corrected chi connectivity index (χ2v) is 5.72. The lowest BCUT2D eigenvalue weighted by Crippen LogP contribution is -2.42. The zero-order chi connectivity index (χ0) is 16.6. The zero-order valence-corrected chi connectivity index (χ0v) is 12.3. The molecule has 120 valence electrons. The van der Waals surface area contributed by atoms with E-state index in [0.717, 1.165) is 11.6 Å². The molecule has 1 unspecified atom stereocenters. The van der Waals surface area contributed by atoms with Crippen molar-refractivity contribution >= 4 is 0 Å². The van der Waals surface area contributed by atoms with Gasteiger partial charge in [0, 0.05) is 0 Å². The molecule has 0 spiro atoms. The molecule has 0 saturated heterocycles. The summed E-state index contributed by atoms with van der Waals surface area (Å²) in [6, 6.07) is 4.22. The van der Waals surface area contributed by atoms with Crippen LogP contribution in [0.1, 0.15) is 62.3 Å². The van der Waals surface area contributed by atoms with Crippen LogP contribution in [0.2, 0.25) is 0 Å². The average Bonchev–Trinajstić information content (AvgIpc) is 2.35. The molecule has 6 heteroatoms. The van der Waals surface area contributed by atoms with E-state index in [-0.39, 0.29) is 17.4 Å². The number of halogens is 5. The van der Waals surface area contributed by atoms with E-state index < -0.39 is 18.2 Å². The van der Waals surface area contributed by atoms with Crippen molar-refractivity contribution in [3.8, 4) is 0 Å². The normalized spacial score (nSPS) is 14.9. The number of rotatable bonds is 4. The number of aliphatic hydroxyl groups excluding tert-OH is 1. The Bertz CT molecular complexity index is 491. The van der Waals surface area contributed by atoms with E-state index in [4.69, 9.17) is 0 Å². The quantitative estimate of drug-likeness (QED) is 0.761. The highest BCUT2D eigenvalue weighted by Crippen LogP contribution is 2.46. The molecule has 0 saturated carbocycles. The number of benzene rings is 1. The largest absolute Gasteiger partial charge is 0.456 e. The summed E-state index contributed by atoms with van der Waals surface area (Å²) in [5.74, 6) is -5.36. The Morgan fingerprint density at radius 1 is 0.857 bits per heavy atom. The third kappa shape index (κ3) is 3.54. The van der Waals surface area contributed by atoms with Gasteiger partial charge in [0.05, 0.1) is 0 Å². The van der Waals surface area contributed by atoms with Crippen LogP contribution in [0.15, 0.2) is 18.2 Å². The van der Waals surface area contributed by atoms with Crippen molar-refractivity contribution in [2.45, 2.75) is 57.7 Å². The summed E-state index contributed by atoms with van der Waals surface area (Å²) in [6.45, 7) is 7.14. The Labute approximate surface area is 120 Å². The lowest BCUT2D eigenvalue weighted by atomic mass is 9.88. The first-order valence-electron chi connectivity index (χ1n) is 6.66. The molecule has 1 atom stereocenters. The van der Waals surface area contributed by atoms with Crippen LogP contribution in [0.25, 0.3) is 0 Å². The fourth-order valence-electron chi connectivity index (χ4n) is 2.05. The minimum atomic E-state index is -5.79. The SMILES string of the molecule is CC(C)c1ccc(C(O)C(F)(F)C(F)(F)F)c(C(C)C)c1. The van der Waals surface area contributed by atoms with E-state index in [0.29, 0.717) is 5.56 Å². The Kier molecular flexibility index (Phi) is 5.03. The summed E-state index contributed by atoms with van der Waals surface area (Å²) in [7, 11) is 0. The van der Waals surface area contributed by atoms with Crippen molar-refractivity contribution in [2.24, 2.45) is 0 Å². The van der Waals surface area contributed by atoms with Crippen LogP contribution in [-0.4, -0.2) is 17.2 Å². The van der Waals surface area contributed by atoms with Crippen molar-refractivity contribution < 1.29 is 27.1 Å².